The van der Waals surface area contributed by atoms with Crippen LogP contribution in [0.5, 0.6) is 17.2 Å². The minimum atomic E-state index is -4.64. The number of nitrogens with two attached hydrogens (primary N) is 1. The van der Waals surface area contributed by atoms with Crippen LogP contribution in [0.25, 0.3) is 0 Å². The van der Waals surface area contributed by atoms with E-state index >= 15 is 0 Å². The zero-order valence-corrected chi connectivity index (χ0v) is 15.1. The number of phosphoric acid groups is 1. The summed E-state index contributed by atoms with van der Waals surface area (Å²) in [7, 11) is -4.64. The van der Waals surface area contributed by atoms with E-state index in [1.54, 1.807) is 24.3 Å². The van der Waals surface area contributed by atoms with Gasteiger partial charge in [0, 0.05) is 0 Å². The molecule has 2 aromatic rings. The van der Waals surface area contributed by atoms with Crippen molar-refractivity contribution in [2.45, 2.75) is 19.6 Å². The van der Waals surface area contributed by atoms with Gasteiger partial charge in [0.1, 0.15) is 12.0 Å². The lowest BCUT2D eigenvalue weighted by molar-refractivity contribution is 0.174. The molecule has 1 atom stereocenters. The highest BCUT2D eigenvalue weighted by Crippen LogP contribution is 2.30. The number of aromatic hydroxyl groups is 1. The fraction of sp³-hybridized carbons (Fsp3) is 0.250. The maximum Gasteiger partial charge on any atom is 0.466 e. The van der Waals surface area contributed by atoms with E-state index in [0.29, 0.717) is 19.0 Å². The molecule has 1 aliphatic rings. The summed E-state index contributed by atoms with van der Waals surface area (Å²) in [4.78, 5) is 21.6. The number of aliphatic hydroxyl groups excluding tert-OH is 1. The molecular weight excluding hydrogens is 365 g/mol. The Morgan fingerprint density at radius 1 is 1.00 bits per heavy atom. The normalized spacial score (nSPS) is 12.2. The molecule has 1 aliphatic heterocycles. The molecule has 0 amide bonds. The van der Waals surface area contributed by atoms with Crippen LogP contribution in [0, 0.1) is 0 Å². The zero-order chi connectivity index (χ0) is 20.0. The van der Waals surface area contributed by atoms with Gasteiger partial charge in [-0.3, -0.25) is 0 Å². The number of aliphatic hydroxyl groups is 1. The molecule has 0 saturated heterocycles. The van der Waals surface area contributed by atoms with Gasteiger partial charge in [0.05, 0.1) is 0 Å². The second kappa shape index (κ2) is 13.1. The van der Waals surface area contributed by atoms with Crippen LogP contribution in [0.3, 0.4) is 0 Å². The molecule has 7 N–H and O–H groups in total. The van der Waals surface area contributed by atoms with Crippen molar-refractivity contribution in [2.24, 2.45) is 5.73 Å². The van der Waals surface area contributed by atoms with Gasteiger partial charge in [-0.25, -0.2) is 4.57 Å². The van der Waals surface area contributed by atoms with Gasteiger partial charge in [-0.1, -0.05) is 37.3 Å². The Morgan fingerprint density at radius 3 is 1.62 bits per heavy atom. The highest BCUT2D eigenvalue weighted by Gasteiger charge is 2.09. The van der Waals surface area contributed by atoms with E-state index in [-0.39, 0.29) is 0 Å². The van der Waals surface area contributed by atoms with Crippen molar-refractivity contribution < 1.29 is 38.9 Å². The number of ether oxygens (including phenoxy) is 2. The van der Waals surface area contributed by atoms with Crippen molar-refractivity contribution in [1.82, 2.24) is 0 Å². The van der Waals surface area contributed by atoms with Crippen LogP contribution in [0.2, 0.25) is 0 Å². The van der Waals surface area contributed by atoms with E-state index in [1.165, 1.54) is 0 Å². The van der Waals surface area contributed by atoms with E-state index in [0.717, 1.165) is 11.5 Å². The molecule has 0 saturated carbocycles. The predicted molar refractivity (Wildman–Crippen MR) is 95.4 cm³/mol. The number of benzene rings is 2. The molecule has 1 unspecified atom stereocenters. The van der Waals surface area contributed by atoms with Crippen molar-refractivity contribution in [1.29, 1.82) is 0 Å². The van der Waals surface area contributed by atoms with Crippen molar-refractivity contribution >= 4 is 7.82 Å². The largest absolute Gasteiger partial charge is 0.508 e. The molecule has 26 heavy (non-hydrogen) atoms. The molecule has 0 fully saturated rings. The molecule has 10 heteroatoms. The summed E-state index contributed by atoms with van der Waals surface area (Å²) in [6.45, 7) is 2.18. The Hall–Kier alpha value is -2.13. The quantitative estimate of drug-likeness (QED) is 0.314. The fourth-order valence-electron chi connectivity index (χ4n) is 1.27. The van der Waals surface area contributed by atoms with Gasteiger partial charge in [-0.05, 0) is 30.7 Å². The number of fused-ring (bicyclic) bond motifs is 1. The molecule has 0 bridgehead atoms. The topological polar surface area (TPSA) is 163 Å². The highest BCUT2D eigenvalue weighted by molar-refractivity contribution is 7.45. The molecule has 1 heterocycles. The smallest absolute Gasteiger partial charge is 0.466 e. The maximum atomic E-state index is 8.88. The van der Waals surface area contributed by atoms with Crippen molar-refractivity contribution in [3.8, 4) is 17.2 Å². The lowest BCUT2D eigenvalue weighted by Crippen LogP contribution is -2.16. The first-order chi connectivity index (χ1) is 12.1. The Bertz CT molecular complexity index is 616. The first-order valence-corrected chi connectivity index (χ1v) is 9.00. The van der Waals surface area contributed by atoms with Crippen LogP contribution < -0.4 is 15.2 Å². The van der Waals surface area contributed by atoms with E-state index in [1.807, 2.05) is 37.3 Å². The lowest BCUT2D eigenvalue weighted by Gasteiger charge is -1.91. The van der Waals surface area contributed by atoms with Crippen LogP contribution in [-0.4, -0.2) is 37.9 Å². The first-order valence-electron chi connectivity index (χ1n) is 7.44. The number of para-hydroxylation sites is 3. The fourth-order valence-corrected chi connectivity index (χ4v) is 1.27. The number of phenols is 1. The van der Waals surface area contributed by atoms with Gasteiger partial charge in [0.2, 0.25) is 6.79 Å². The molecule has 0 aromatic heterocycles. The van der Waals surface area contributed by atoms with E-state index in [4.69, 9.17) is 44.7 Å². The summed E-state index contributed by atoms with van der Waals surface area (Å²) in [6.07, 6.45) is 0.0231. The monoisotopic (exact) mass is 389 g/mol. The third kappa shape index (κ3) is 15.4. The van der Waals surface area contributed by atoms with E-state index < -0.39 is 14.1 Å². The van der Waals surface area contributed by atoms with Crippen LogP contribution in [0.4, 0.5) is 0 Å². The molecule has 0 spiro atoms. The maximum absolute atomic E-state index is 8.88. The molecular formula is C16H24NO8P. The second-order valence-electron chi connectivity index (χ2n) is 4.68. The minimum absolute atomic E-state index is 0.322. The molecule has 2 aromatic carbocycles. The van der Waals surface area contributed by atoms with Gasteiger partial charge in [0.25, 0.3) is 0 Å². The predicted octanol–water partition coefficient (Wildman–Crippen LogP) is 1.55. The average Bonchev–Trinajstić information content (AvgIpc) is 3.04. The SMILES string of the molecule is CCC(N)O.O=P(O)(O)O.Oc1ccccc1.c1ccc2c(c1)OCO2. The minimum Gasteiger partial charge on any atom is -0.508 e. The van der Waals surface area contributed by atoms with E-state index in [2.05, 4.69) is 0 Å². The molecule has 0 aliphatic carbocycles. The van der Waals surface area contributed by atoms with Crippen molar-refractivity contribution in [3.63, 3.8) is 0 Å². The summed E-state index contributed by atoms with van der Waals surface area (Å²) in [5.74, 6) is 2.01. The van der Waals surface area contributed by atoms with Gasteiger partial charge < -0.3 is 40.1 Å². The Morgan fingerprint density at radius 2 is 1.35 bits per heavy atom. The summed E-state index contributed by atoms with van der Waals surface area (Å²) in [6, 6.07) is 16.3. The number of hydrogen-bond donors (Lipinski definition) is 6. The van der Waals surface area contributed by atoms with Gasteiger partial charge in [0.15, 0.2) is 11.5 Å². The van der Waals surface area contributed by atoms with Gasteiger partial charge in [-0.2, -0.15) is 0 Å². The summed E-state index contributed by atoms with van der Waals surface area (Å²) in [5, 5.41) is 16.8. The standard InChI is InChI=1S/C7H6O2.C6H6O.C3H9NO.H3O4P/c1-2-4-7-6(3-1)8-5-9-7;7-6-4-2-1-3-5-6;1-2-3(4)5;1-5(2,3)4/h1-4H,5H2;1-5,7H;3,5H,2,4H2,1H3;(H3,1,2,3,4). The molecule has 3 rings (SSSR count). The third-order valence-electron chi connectivity index (χ3n) is 2.45. The number of phenolic OH excluding ortho intramolecular Hbond substituents is 1. The summed E-state index contributed by atoms with van der Waals surface area (Å²) in [5.41, 5.74) is 4.85. The van der Waals surface area contributed by atoms with Gasteiger partial charge in [-0.15, -0.1) is 0 Å². The summed E-state index contributed by atoms with van der Waals surface area (Å²) < 4.78 is 19.0. The summed E-state index contributed by atoms with van der Waals surface area (Å²) >= 11 is 0. The van der Waals surface area contributed by atoms with Gasteiger partial charge >= 0.3 is 7.82 Å². The highest BCUT2D eigenvalue weighted by atomic mass is 31.2. The zero-order valence-electron chi connectivity index (χ0n) is 14.2. The van der Waals surface area contributed by atoms with Crippen LogP contribution in [-0.2, 0) is 4.57 Å². The van der Waals surface area contributed by atoms with Crippen molar-refractivity contribution in [3.05, 3.63) is 54.6 Å². The molecule has 9 nitrogen and oxygen atoms in total. The molecule has 0 radical (unpaired) electrons. The van der Waals surface area contributed by atoms with Crippen LogP contribution in [0.15, 0.2) is 54.6 Å². The number of rotatable bonds is 1. The van der Waals surface area contributed by atoms with Crippen LogP contribution >= 0.6 is 7.82 Å². The lowest BCUT2D eigenvalue weighted by atomic mass is 10.3. The number of hydrogen-bond acceptors (Lipinski definition) is 6. The Kier molecular flexibility index (Phi) is 12.0. The Labute approximate surface area is 151 Å². The second-order valence-corrected chi connectivity index (χ2v) is 5.70. The van der Waals surface area contributed by atoms with Crippen molar-refractivity contribution in [2.75, 3.05) is 6.79 Å². The first kappa shape index (κ1) is 23.9. The van der Waals surface area contributed by atoms with E-state index in [9.17, 15) is 0 Å². The average molecular weight is 389 g/mol. The van der Waals surface area contributed by atoms with Crippen LogP contribution in [0.1, 0.15) is 13.3 Å². The third-order valence-corrected chi connectivity index (χ3v) is 2.45. The Balaban J connectivity index is 0.000000334. The molecule has 146 valence electrons.